The van der Waals surface area contributed by atoms with Crippen LogP contribution < -0.4 is 10.5 Å². The summed E-state index contributed by atoms with van der Waals surface area (Å²) < 4.78 is 7.87. The van der Waals surface area contributed by atoms with Crippen molar-refractivity contribution in [2.75, 3.05) is 17.2 Å². The van der Waals surface area contributed by atoms with Gasteiger partial charge in [-0.05, 0) is 24.7 Å². The second-order valence-corrected chi connectivity index (χ2v) is 6.17. The van der Waals surface area contributed by atoms with Gasteiger partial charge in [0.1, 0.15) is 17.7 Å². The van der Waals surface area contributed by atoms with Crippen molar-refractivity contribution < 1.29 is 4.74 Å². The first-order valence-corrected chi connectivity index (χ1v) is 8.02. The average molecular weight is 289 g/mol. The number of para-hydroxylation sites is 1. The highest BCUT2D eigenvalue weighted by Gasteiger charge is 2.18. The largest absolute Gasteiger partial charge is 0.489 e. The zero-order valence-corrected chi connectivity index (χ0v) is 12.4. The van der Waals surface area contributed by atoms with Crippen LogP contribution in [-0.4, -0.2) is 27.4 Å². The highest BCUT2D eigenvalue weighted by atomic mass is 32.2. The van der Waals surface area contributed by atoms with Gasteiger partial charge in [0.15, 0.2) is 0 Å². The minimum atomic E-state index is 0.299. The van der Waals surface area contributed by atoms with Gasteiger partial charge in [-0.15, -0.1) is 0 Å². The van der Waals surface area contributed by atoms with Gasteiger partial charge < -0.3 is 10.5 Å². The summed E-state index contributed by atoms with van der Waals surface area (Å²) in [6.07, 6.45) is 4.46. The van der Waals surface area contributed by atoms with E-state index in [9.17, 15) is 0 Å². The van der Waals surface area contributed by atoms with E-state index in [1.807, 2.05) is 43.1 Å². The second kappa shape index (κ2) is 5.79. The number of thioether (sulfide) groups is 1. The molecule has 0 saturated carbocycles. The van der Waals surface area contributed by atoms with Gasteiger partial charge in [-0.3, -0.25) is 4.68 Å². The van der Waals surface area contributed by atoms with Gasteiger partial charge in [0.25, 0.3) is 0 Å². The lowest BCUT2D eigenvalue weighted by atomic mass is 10.1. The van der Waals surface area contributed by atoms with E-state index in [0.717, 1.165) is 29.1 Å². The van der Waals surface area contributed by atoms with Crippen LogP contribution in [0.3, 0.4) is 0 Å². The number of nitrogen functional groups attached to an aromatic ring is 1. The van der Waals surface area contributed by atoms with E-state index < -0.39 is 0 Å². The fraction of sp³-hybridized carbons (Fsp3) is 0.400. The molecule has 1 aliphatic heterocycles. The zero-order chi connectivity index (χ0) is 13.9. The number of hydrogen-bond acceptors (Lipinski definition) is 4. The molecule has 0 radical (unpaired) electrons. The average Bonchev–Trinajstić information content (AvgIpc) is 2.81. The van der Waals surface area contributed by atoms with E-state index in [1.54, 1.807) is 10.9 Å². The van der Waals surface area contributed by atoms with Crippen molar-refractivity contribution in [1.29, 1.82) is 0 Å². The number of aromatic nitrogens is 2. The summed E-state index contributed by atoms with van der Waals surface area (Å²) in [7, 11) is 1.85. The van der Waals surface area contributed by atoms with E-state index in [1.165, 1.54) is 12.2 Å². The molecular formula is C15H19N3OS. The van der Waals surface area contributed by atoms with Gasteiger partial charge in [-0.25, -0.2) is 0 Å². The highest BCUT2D eigenvalue weighted by molar-refractivity contribution is 7.99. The number of hydrogen-bond donors (Lipinski definition) is 1. The molecule has 20 heavy (non-hydrogen) atoms. The van der Waals surface area contributed by atoms with Crippen LogP contribution in [0.15, 0.2) is 30.5 Å². The van der Waals surface area contributed by atoms with Gasteiger partial charge in [-0.2, -0.15) is 16.9 Å². The van der Waals surface area contributed by atoms with Crippen molar-refractivity contribution in [3.8, 4) is 16.9 Å². The summed E-state index contributed by atoms with van der Waals surface area (Å²) in [5.41, 5.74) is 8.04. The predicted octanol–water partition coefficient (Wildman–Crippen LogP) is 2.94. The molecule has 0 spiro atoms. The molecule has 3 rings (SSSR count). The molecule has 2 heterocycles. The Morgan fingerprint density at radius 2 is 2.20 bits per heavy atom. The standard InChI is InChI=1S/C15H19N3OS/c1-18-15(16)13(9-17-18)12-6-2-3-7-14(12)19-11-5-4-8-20-10-11/h2-3,6-7,9,11H,4-5,8,10,16H2,1H3. The Bertz CT molecular complexity index is 591. The third-order valence-corrected chi connectivity index (χ3v) is 4.76. The molecule has 1 aromatic carbocycles. The van der Waals surface area contributed by atoms with Crippen LogP contribution in [-0.2, 0) is 7.05 Å². The molecule has 4 nitrogen and oxygen atoms in total. The summed E-state index contributed by atoms with van der Waals surface area (Å²) in [6.45, 7) is 0. The molecule has 1 atom stereocenters. The first-order valence-electron chi connectivity index (χ1n) is 6.87. The minimum Gasteiger partial charge on any atom is -0.489 e. The SMILES string of the molecule is Cn1ncc(-c2ccccc2OC2CCCSC2)c1N. The molecule has 1 aromatic heterocycles. The maximum absolute atomic E-state index is 6.19. The summed E-state index contributed by atoms with van der Waals surface area (Å²) in [5, 5.41) is 4.21. The Kier molecular flexibility index (Phi) is 3.87. The second-order valence-electron chi connectivity index (χ2n) is 5.02. The molecular weight excluding hydrogens is 270 g/mol. The minimum absolute atomic E-state index is 0.299. The van der Waals surface area contributed by atoms with Crippen LogP contribution in [0.25, 0.3) is 11.1 Å². The van der Waals surface area contributed by atoms with Gasteiger partial charge >= 0.3 is 0 Å². The monoisotopic (exact) mass is 289 g/mol. The van der Waals surface area contributed by atoms with Crippen LogP contribution in [0.4, 0.5) is 5.82 Å². The van der Waals surface area contributed by atoms with Crippen LogP contribution in [0.5, 0.6) is 5.75 Å². The number of aryl methyl sites for hydroxylation is 1. The summed E-state index contributed by atoms with van der Waals surface area (Å²) in [5.74, 6) is 3.88. The topological polar surface area (TPSA) is 53.1 Å². The normalized spacial score (nSPS) is 18.9. The molecule has 106 valence electrons. The van der Waals surface area contributed by atoms with E-state index >= 15 is 0 Å². The van der Waals surface area contributed by atoms with Crippen molar-refractivity contribution in [3.63, 3.8) is 0 Å². The van der Waals surface area contributed by atoms with E-state index in [-0.39, 0.29) is 0 Å². The first kappa shape index (κ1) is 13.4. The Morgan fingerprint density at radius 3 is 2.90 bits per heavy atom. The highest BCUT2D eigenvalue weighted by Crippen LogP contribution is 2.35. The molecule has 1 fully saturated rings. The fourth-order valence-corrected chi connectivity index (χ4v) is 3.47. The summed E-state index contributed by atoms with van der Waals surface area (Å²) in [4.78, 5) is 0. The zero-order valence-electron chi connectivity index (χ0n) is 11.6. The Labute approximate surface area is 123 Å². The van der Waals surface area contributed by atoms with Crippen LogP contribution in [0.1, 0.15) is 12.8 Å². The van der Waals surface area contributed by atoms with Crippen molar-refractivity contribution in [1.82, 2.24) is 9.78 Å². The van der Waals surface area contributed by atoms with Gasteiger partial charge in [0.05, 0.1) is 6.20 Å². The van der Waals surface area contributed by atoms with E-state index in [2.05, 4.69) is 5.10 Å². The van der Waals surface area contributed by atoms with E-state index in [0.29, 0.717) is 11.9 Å². The first-order chi connectivity index (χ1) is 9.75. The third kappa shape index (κ3) is 2.63. The lowest BCUT2D eigenvalue weighted by Crippen LogP contribution is -2.23. The van der Waals surface area contributed by atoms with Crippen LogP contribution in [0, 0.1) is 0 Å². The smallest absolute Gasteiger partial charge is 0.129 e. The molecule has 5 heteroatoms. The summed E-state index contributed by atoms with van der Waals surface area (Å²) in [6, 6.07) is 8.06. The summed E-state index contributed by atoms with van der Waals surface area (Å²) >= 11 is 1.97. The quantitative estimate of drug-likeness (QED) is 0.944. The van der Waals surface area contributed by atoms with Crippen molar-refractivity contribution in [2.45, 2.75) is 18.9 Å². The lowest BCUT2D eigenvalue weighted by Gasteiger charge is -2.24. The van der Waals surface area contributed by atoms with Crippen LogP contribution in [0.2, 0.25) is 0 Å². The van der Waals surface area contributed by atoms with Crippen LogP contribution >= 0.6 is 11.8 Å². The molecule has 0 bridgehead atoms. The maximum Gasteiger partial charge on any atom is 0.129 e. The van der Waals surface area contributed by atoms with Crippen molar-refractivity contribution >= 4 is 17.6 Å². The predicted molar refractivity (Wildman–Crippen MR) is 84.0 cm³/mol. The van der Waals surface area contributed by atoms with Gasteiger partial charge in [0, 0.05) is 23.9 Å². The molecule has 1 unspecified atom stereocenters. The number of nitrogens with two attached hydrogens (primary N) is 1. The number of rotatable bonds is 3. The number of nitrogens with zero attached hydrogens (tertiary/aromatic N) is 2. The Morgan fingerprint density at radius 1 is 1.35 bits per heavy atom. The molecule has 0 aliphatic carbocycles. The van der Waals surface area contributed by atoms with E-state index in [4.69, 9.17) is 10.5 Å². The lowest BCUT2D eigenvalue weighted by molar-refractivity contribution is 0.212. The Balaban J connectivity index is 1.90. The number of anilines is 1. The molecule has 2 aromatic rings. The maximum atomic E-state index is 6.19. The molecule has 1 aliphatic rings. The fourth-order valence-electron chi connectivity index (χ4n) is 2.43. The molecule has 1 saturated heterocycles. The third-order valence-electron chi connectivity index (χ3n) is 3.57. The molecule has 0 amide bonds. The molecule has 2 N–H and O–H groups in total. The number of ether oxygens (including phenoxy) is 1. The van der Waals surface area contributed by atoms with Crippen molar-refractivity contribution in [2.24, 2.45) is 7.05 Å². The van der Waals surface area contributed by atoms with Gasteiger partial charge in [-0.1, -0.05) is 18.2 Å². The van der Waals surface area contributed by atoms with Crippen molar-refractivity contribution in [3.05, 3.63) is 30.5 Å². The Hall–Kier alpha value is -1.62. The number of benzene rings is 1. The van der Waals surface area contributed by atoms with Gasteiger partial charge in [0.2, 0.25) is 0 Å².